The first-order valence-electron chi connectivity index (χ1n) is 12.6. The largest absolute Gasteiger partial charge is 0.496 e. The minimum absolute atomic E-state index is 0.479. The van der Waals surface area contributed by atoms with E-state index in [2.05, 4.69) is 58.9 Å². The lowest BCUT2D eigenvalue weighted by Crippen LogP contribution is -2.46. The fourth-order valence-corrected chi connectivity index (χ4v) is 6.18. The van der Waals surface area contributed by atoms with Gasteiger partial charge in [0.2, 0.25) is 0 Å². The van der Waals surface area contributed by atoms with Crippen LogP contribution in [0.5, 0.6) is 11.5 Å². The highest BCUT2D eigenvalue weighted by Crippen LogP contribution is 2.39. The number of halogens is 1. The van der Waals surface area contributed by atoms with Crippen LogP contribution in [-0.2, 0) is 6.54 Å². The third-order valence-electron chi connectivity index (χ3n) is 7.67. The second-order valence-electron chi connectivity index (χ2n) is 9.85. The van der Waals surface area contributed by atoms with Gasteiger partial charge in [-0.05, 0) is 43.4 Å². The lowest BCUT2D eigenvalue weighted by molar-refractivity contribution is 0.124. The Labute approximate surface area is 216 Å². The van der Waals surface area contributed by atoms with Crippen molar-refractivity contribution in [3.05, 3.63) is 77.6 Å². The van der Waals surface area contributed by atoms with E-state index in [-0.39, 0.29) is 0 Å². The molecule has 2 atom stereocenters. The Morgan fingerprint density at radius 1 is 0.972 bits per heavy atom. The number of fused-ring (bicyclic) bond motifs is 3. The van der Waals surface area contributed by atoms with Crippen LogP contribution in [0.15, 0.2) is 67.0 Å². The maximum Gasteiger partial charge on any atom is 0.141 e. The molecule has 6 rings (SSSR count). The average Bonchev–Trinajstić information content (AvgIpc) is 3.41. The molecule has 6 nitrogen and oxygen atoms in total. The van der Waals surface area contributed by atoms with Crippen LogP contribution in [0.1, 0.15) is 31.2 Å². The fraction of sp³-hybridized carbons (Fsp3) is 0.345. The number of piperidine rings is 1. The molecule has 2 bridgehead atoms. The van der Waals surface area contributed by atoms with Crippen molar-refractivity contribution in [3.63, 3.8) is 0 Å². The van der Waals surface area contributed by atoms with Crippen LogP contribution in [0.2, 0.25) is 5.02 Å². The zero-order valence-electron chi connectivity index (χ0n) is 20.7. The molecular formula is C29H31ClN4O2. The molecule has 0 saturated carbocycles. The molecule has 0 amide bonds. The summed E-state index contributed by atoms with van der Waals surface area (Å²) in [6.07, 6.45) is 9.01. The molecule has 2 aliphatic rings. The monoisotopic (exact) mass is 502 g/mol. The van der Waals surface area contributed by atoms with Gasteiger partial charge in [-0.3, -0.25) is 4.90 Å². The van der Waals surface area contributed by atoms with E-state index in [4.69, 9.17) is 26.1 Å². The molecule has 0 aliphatic carbocycles. The highest BCUT2D eigenvalue weighted by molar-refractivity contribution is 6.32. The minimum atomic E-state index is 0.479. The highest BCUT2D eigenvalue weighted by atomic mass is 35.5. The summed E-state index contributed by atoms with van der Waals surface area (Å²) in [6.45, 7) is 1.06. The Morgan fingerprint density at radius 3 is 2.44 bits per heavy atom. The van der Waals surface area contributed by atoms with E-state index >= 15 is 0 Å². The predicted molar refractivity (Wildman–Crippen MR) is 144 cm³/mol. The van der Waals surface area contributed by atoms with Crippen LogP contribution in [0.3, 0.4) is 0 Å². The van der Waals surface area contributed by atoms with E-state index in [0.29, 0.717) is 34.6 Å². The molecule has 4 aromatic rings. The number of methoxy groups -OCH3 is 2. The van der Waals surface area contributed by atoms with E-state index in [1.54, 1.807) is 20.3 Å². The summed E-state index contributed by atoms with van der Waals surface area (Å²) in [5, 5.41) is 4.34. The third kappa shape index (κ3) is 4.40. The number of rotatable bonds is 7. The maximum atomic E-state index is 6.40. The molecule has 1 N–H and O–H groups in total. The number of anilines is 1. The van der Waals surface area contributed by atoms with E-state index in [1.165, 1.54) is 31.2 Å². The van der Waals surface area contributed by atoms with Gasteiger partial charge in [0.05, 0.1) is 24.9 Å². The van der Waals surface area contributed by atoms with E-state index in [1.807, 2.05) is 16.7 Å². The SMILES string of the molecule is COc1cc(OC)c(-c2cn3ccc(NC4CC5CCC(C4)N5Cc4ccccc4)cc3n2)cc1Cl. The lowest BCUT2D eigenvalue weighted by Gasteiger charge is -2.39. The maximum absolute atomic E-state index is 6.40. The number of nitrogens with one attached hydrogen (secondary N) is 1. The van der Waals surface area contributed by atoms with Gasteiger partial charge in [0.25, 0.3) is 0 Å². The first kappa shape index (κ1) is 23.2. The Morgan fingerprint density at radius 2 is 1.72 bits per heavy atom. The van der Waals surface area contributed by atoms with Gasteiger partial charge in [0.15, 0.2) is 0 Å². The van der Waals surface area contributed by atoms with Crippen molar-refractivity contribution >= 4 is 22.9 Å². The molecule has 2 saturated heterocycles. The summed E-state index contributed by atoms with van der Waals surface area (Å²) >= 11 is 6.40. The first-order chi connectivity index (χ1) is 17.6. The number of nitrogens with zero attached hydrogens (tertiary/aromatic N) is 3. The smallest absolute Gasteiger partial charge is 0.141 e. The summed E-state index contributed by atoms with van der Waals surface area (Å²) in [5.74, 6) is 1.26. The summed E-state index contributed by atoms with van der Waals surface area (Å²) < 4.78 is 12.9. The van der Waals surface area contributed by atoms with Crippen molar-refractivity contribution in [2.75, 3.05) is 19.5 Å². The van der Waals surface area contributed by atoms with Gasteiger partial charge in [0, 0.05) is 60.4 Å². The molecule has 2 aromatic carbocycles. The van der Waals surface area contributed by atoms with E-state index < -0.39 is 0 Å². The zero-order chi connectivity index (χ0) is 24.6. The summed E-state index contributed by atoms with van der Waals surface area (Å²) in [7, 11) is 3.24. The fourth-order valence-electron chi connectivity index (χ4n) is 5.94. The molecule has 0 radical (unpaired) electrons. The molecule has 2 aromatic heterocycles. The van der Waals surface area contributed by atoms with Crippen LogP contribution in [-0.4, -0.2) is 46.6 Å². The van der Waals surface area contributed by atoms with Crippen LogP contribution >= 0.6 is 11.6 Å². The van der Waals surface area contributed by atoms with Crippen molar-refractivity contribution < 1.29 is 9.47 Å². The van der Waals surface area contributed by atoms with Gasteiger partial charge >= 0.3 is 0 Å². The van der Waals surface area contributed by atoms with Crippen molar-refractivity contribution in [3.8, 4) is 22.8 Å². The normalized spacial score (nSPS) is 21.6. The Hall–Kier alpha value is -3.22. The first-order valence-corrected chi connectivity index (χ1v) is 13.0. The molecule has 186 valence electrons. The second kappa shape index (κ2) is 9.68. The van der Waals surface area contributed by atoms with Gasteiger partial charge < -0.3 is 19.2 Å². The van der Waals surface area contributed by atoms with Crippen molar-refractivity contribution in [1.82, 2.24) is 14.3 Å². The van der Waals surface area contributed by atoms with Gasteiger partial charge in [-0.25, -0.2) is 4.98 Å². The number of hydrogen-bond acceptors (Lipinski definition) is 5. The second-order valence-corrected chi connectivity index (χ2v) is 10.3. The van der Waals surface area contributed by atoms with Gasteiger partial charge in [-0.2, -0.15) is 0 Å². The topological polar surface area (TPSA) is 51.0 Å². The summed E-state index contributed by atoms with van der Waals surface area (Å²) in [4.78, 5) is 7.61. The van der Waals surface area contributed by atoms with Crippen molar-refractivity contribution in [2.45, 2.75) is 50.4 Å². The summed E-state index contributed by atoms with van der Waals surface area (Å²) in [5.41, 5.74) is 5.05. The molecular weight excluding hydrogens is 472 g/mol. The predicted octanol–water partition coefficient (Wildman–Crippen LogP) is 6.28. The highest BCUT2D eigenvalue weighted by Gasteiger charge is 2.40. The van der Waals surface area contributed by atoms with Crippen LogP contribution in [0, 0.1) is 0 Å². The Kier molecular flexibility index (Phi) is 6.23. The lowest BCUT2D eigenvalue weighted by atomic mass is 9.96. The number of hydrogen-bond donors (Lipinski definition) is 1. The third-order valence-corrected chi connectivity index (χ3v) is 7.97. The van der Waals surface area contributed by atoms with Crippen LogP contribution in [0.25, 0.3) is 16.9 Å². The molecule has 2 fully saturated rings. The van der Waals surface area contributed by atoms with E-state index in [0.717, 1.165) is 29.1 Å². The van der Waals surface area contributed by atoms with Gasteiger partial charge in [0.1, 0.15) is 17.1 Å². The van der Waals surface area contributed by atoms with Crippen LogP contribution < -0.4 is 14.8 Å². The number of aromatic nitrogens is 2. The average molecular weight is 503 g/mol. The van der Waals surface area contributed by atoms with Crippen molar-refractivity contribution in [2.24, 2.45) is 0 Å². The van der Waals surface area contributed by atoms with Gasteiger partial charge in [-0.1, -0.05) is 41.9 Å². The standard InChI is InChI=1S/C29H31ClN4O2/c1-35-27-16-28(36-2)25(30)15-24(27)26-18-33-11-10-20(14-29(33)32-26)31-21-12-22-8-9-23(13-21)34(22)17-19-6-4-3-5-7-19/h3-7,10-11,14-16,18,21-23,31H,8-9,12-13,17H2,1-2H3. The molecule has 36 heavy (non-hydrogen) atoms. The number of ether oxygens (including phenoxy) is 2. The molecule has 4 heterocycles. The molecule has 2 unspecified atom stereocenters. The zero-order valence-corrected chi connectivity index (χ0v) is 21.4. The number of benzene rings is 2. The number of imidazole rings is 1. The van der Waals surface area contributed by atoms with Crippen molar-refractivity contribution in [1.29, 1.82) is 0 Å². The Bertz CT molecular complexity index is 1360. The van der Waals surface area contributed by atoms with Crippen LogP contribution in [0.4, 0.5) is 5.69 Å². The molecule has 2 aliphatic heterocycles. The molecule has 7 heteroatoms. The quantitative estimate of drug-likeness (QED) is 0.322. The van der Waals surface area contributed by atoms with Gasteiger partial charge in [-0.15, -0.1) is 0 Å². The molecule has 0 spiro atoms. The van der Waals surface area contributed by atoms with E-state index in [9.17, 15) is 0 Å². The summed E-state index contributed by atoms with van der Waals surface area (Å²) in [6, 6.07) is 20.5. The Balaban J connectivity index is 1.18. The minimum Gasteiger partial charge on any atom is -0.496 e. The number of pyridine rings is 1.